The van der Waals surface area contributed by atoms with Crippen LogP contribution in [0.1, 0.15) is 39.0 Å². The van der Waals surface area contributed by atoms with E-state index in [9.17, 15) is 4.79 Å². The van der Waals surface area contributed by atoms with Crippen LogP contribution < -0.4 is 10.6 Å². The smallest absolute Gasteiger partial charge is 0.224 e. The minimum atomic E-state index is 0. The van der Waals surface area contributed by atoms with Gasteiger partial charge in [0.1, 0.15) is 0 Å². The van der Waals surface area contributed by atoms with E-state index in [4.69, 9.17) is 0 Å². The first-order chi connectivity index (χ1) is 9.29. The molecule has 6 heteroatoms. The first kappa shape index (κ1) is 21.0. The van der Waals surface area contributed by atoms with Crippen molar-refractivity contribution >= 4 is 30.7 Å². The average molecular weight is 340 g/mol. The molecule has 0 aromatic heterocycles. The first-order valence-electron chi connectivity index (χ1n) is 8.00. The number of carbonyl (C=O) groups is 1. The van der Waals surface area contributed by atoms with Gasteiger partial charge in [-0.05, 0) is 64.2 Å². The number of piperidine rings is 2. The Labute approximate surface area is 141 Å². The number of halogens is 2. The molecule has 2 saturated heterocycles. The molecule has 0 aromatic rings. The van der Waals surface area contributed by atoms with Crippen molar-refractivity contribution < 1.29 is 4.79 Å². The monoisotopic (exact) mass is 339 g/mol. The normalized spacial score (nSPS) is 23.8. The summed E-state index contributed by atoms with van der Waals surface area (Å²) < 4.78 is 0. The molecule has 2 aliphatic rings. The standard InChI is InChI=1S/C15H29N3O.2ClH/c1-2-8-18-9-5-13(6-10-18)11-17-15(19)14-4-3-7-16-12-14;;/h13-14,16H,2-12H2,1H3,(H,17,19);2*1H. The third-order valence-electron chi connectivity index (χ3n) is 4.48. The Bertz CT molecular complexity index is 278. The van der Waals surface area contributed by atoms with Crippen molar-refractivity contribution in [3.8, 4) is 0 Å². The minimum Gasteiger partial charge on any atom is -0.356 e. The van der Waals surface area contributed by atoms with Crippen molar-refractivity contribution in [3.63, 3.8) is 0 Å². The van der Waals surface area contributed by atoms with Gasteiger partial charge in [0.2, 0.25) is 5.91 Å². The molecule has 1 atom stereocenters. The van der Waals surface area contributed by atoms with Crippen LogP contribution in [0.4, 0.5) is 0 Å². The van der Waals surface area contributed by atoms with E-state index in [0.29, 0.717) is 5.92 Å². The van der Waals surface area contributed by atoms with Crippen LogP contribution in [0.15, 0.2) is 0 Å². The second-order valence-electron chi connectivity index (χ2n) is 6.07. The van der Waals surface area contributed by atoms with E-state index in [1.54, 1.807) is 0 Å². The molecular weight excluding hydrogens is 309 g/mol. The maximum Gasteiger partial charge on any atom is 0.224 e. The van der Waals surface area contributed by atoms with Gasteiger partial charge < -0.3 is 15.5 Å². The fourth-order valence-corrected chi connectivity index (χ4v) is 3.20. The van der Waals surface area contributed by atoms with Crippen LogP contribution in [0, 0.1) is 11.8 Å². The molecular formula is C15H31Cl2N3O. The summed E-state index contributed by atoms with van der Waals surface area (Å²) in [5.41, 5.74) is 0. The van der Waals surface area contributed by atoms with Gasteiger partial charge in [0.25, 0.3) is 0 Å². The molecule has 4 nitrogen and oxygen atoms in total. The highest BCUT2D eigenvalue weighted by Gasteiger charge is 2.23. The van der Waals surface area contributed by atoms with E-state index in [0.717, 1.165) is 32.5 Å². The quantitative estimate of drug-likeness (QED) is 0.805. The molecule has 0 aliphatic carbocycles. The third kappa shape index (κ3) is 7.18. The van der Waals surface area contributed by atoms with Gasteiger partial charge in [-0.1, -0.05) is 6.92 Å². The maximum atomic E-state index is 12.0. The Morgan fingerprint density at radius 1 is 1.24 bits per heavy atom. The lowest BCUT2D eigenvalue weighted by Gasteiger charge is -2.32. The van der Waals surface area contributed by atoms with Crippen molar-refractivity contribution in [1.82, 2.24) is 15.5 Å². The summed E-state index contributed by atoms with van der Waals surface area (Å²) in [7, 11) is 0. The van der Waals surface area contributed by atoms with Crippen LogP contribution in [0.2, 0.25) is 0 Å². The zero-order valence-electron chi connectivity index (χ0n) is 13.1. The maximum absolute atomic E-state index is 12.0. The predicted molar refractivity (Wildman–Crippen MR) is 92.6 cm³/mol. The average Bonchev–Trinajstić information content (AvgIpc) is 2.47. The van der Waals surface area contributed by atoms with Gasteiger partial charge in [0.05, 0.1) is 5.92 Å². The molecule has 0 radical (unpaired) electrons. The van der Waals surface area contributed by atoms with Gasteiger partial charge in [0, 0.05) is 13.1 Å². The van der Waals surface area contributed by atoms with Crippen LogP contribution in [0.3, 0.4) is 0 Å². The van der Waals surface area contributed by atoms with Gasteiger partial charge in [0.15, 0.2) is 0 Å². The van der Waals surface area contributed by atoms with Crippen LogP contribution in [0.25, 0.3) is 0 Å². The van der Waals surface area contributed by atoms with Gasteiger partial charge in [-0.3, -0.25) is 4.79 Å². The number of hydrogen-bond donors (Lipinski definition) is 2. The summed E-state index contributed by atoms with van der Waals surface area (Å²) in [5.74, 6) is 1.16. The summed E-state index contributed by atoms with van der Waals surface area (Å²) in [6, 6.07) is 0. The third-order valence-corrected chi connectivity index (χ3v) is 4.48. The number of nitrogens with one attached hydrogen (secondary N) is 2. The summed E-state index contributed by atoms with van der Waals surface area (Å²) in [6.45, 7) is 8.70. The molecule has 1 amide bonds. The zero-order valence-corrected chi connectivity index (χ0v) is 14.7. The Hall–Kier alpha value is -0.0300. The van der Waals surface area contributed by atoms with E-state index >= 15 is 0 Å². The highest BCUT2D eigenvalue weighted by Crippen LogP contribution is 2.17. The number of rotatable bonds is 5. The largest absolute Gasteiger partial charge is 0.356 e. The minimum absolute atomic E-state index is 0. The molecule has 2 aliphatic heterocycles. The lowest BCUT2D eigenvalue weighted by Crippen LogP contribution is -2.43. The van der Waals surface area contributed by atoms with Crippen LogP contribution in [0.5, 0.6) is 0 Å². The van der Waals surface area contributed by atoms with E-state index < -0.39 is 0 Å². The first-order valence-corrected chi connectivity index (χ1v) is 8.00. The Morgan fingerprint density at radius 3 is 2.52 bits per heavy atom. The summed E-state index contributed by atoms with van der Waals surface area (Å²) in [5, 5.41) is 6.48. The Morgan fingerprint density at radius 2 is 1.95 bits per heavy atom. The second-order valence-corrected chi connectivity index (χ2v) is 6.07. The van der Waals surface area contributed by atoms with Crippen LogP contribution in [-0.2, 0) is 4.79 Å². The van der Waals surface area contributed by atoms with Gasteiger partial charge in [-0.2, -0.15) is 0 Å². The fraction of sp³-hybridized carbons (Fsp3) is 0.933. The molecule has 0 bridgehead atoms. The van der Waals surface area contributed by atoms with Crippen molar-refractivity contribution in [2.75, 3.05) is 39.3 Å². The number of likely N-dealkylation sites (tertiary alicyclic amines) is 1. The highest BCUT2D eigenvalue weighted by atomic mass is 35.5. The van der Waals surface area contributed by atoms with Crippen LogP contribution >= 0.6 is 24.8 Å². The summed E-state index contributed by atoms with van der Waals surface area (Å²) >= 11 is 0. The molecule has 2 N–H and O–H groups in total. The number of carbonyl (C=O) groups excluding carboxylic acids is 1. The van der Waals surface area contributed by atoms with Crippen LogP contribution in [-0.4, -0.2) is 50.1 Å². The molecule has 2 fully saturated rings. The van der Waals surface area contributed by atoms with Crippen molar-refractivity contribution in [2.24, 2.45) is 11.8 Å². The molecule has 2 rings (SSSR count). The summed E-state index contributed by atoms with van der Waals surface area (Å²) in [4.78, 5) is 14.6. The predicted octanol–water partition coefficient (Wildman–Crippen LogP) is 2.07. The van der Waals surface area contributed by atoms with E-state index in [2.05, 4.69) is 22.5 Å². The molecule has 21 heavy (non-hydrogen) atoms. The number of nitrogens with zero attached hydrogens (tertiary/aromatic N) is 1. The Kier molecular flexibility index (Phi) is 11.5. The SMILES string of the molecule is CCCN1CCC(CNC(=O)C2CCCNC2)CC1.Cl.Cl. The van der Waals surface area contributed by atoms with Crippen molar-refractivity contribution in [1.29, 1.82) is 0 Å². The fourth-order valence-electron chi connectivity index (χ4n) is 3.20. The highest BCUT2D eigenvalue weighted by molar-refractivity contribution is 5.85. The van der Waals surface area contributed by atoms with E-state index in [1.807, 2.05) is 0 Å². The number of amides is 1. The van der Waals surface area contributed by atoms with Crippen molar-refractivity contribution in [3.05, 3.63) is 0 Å². The molecule has 126 valence electrons. The summed E-state index contributed by atoms with van der Waals surface area (Å²) in [6.07, 6.45) is 5.91. The van der Waals surface area contributed by atoms with Gasteiger partial charge in [-0.15, -0.1) is 24.8 Å². The van der Waals surface area contributed by atoms with E-state index in [1.165, 1.54) is 38.9 Å². The second kappa shape index (κ2) is 11.5. The van der Waals surface area contributed by atoms with Crippen molar-refractivity contribution in [2.45, 2.75) is 39.0 Å². The molecule has 0 spiro atoms. The molecule has 1 unspecified atom stereocenters. The zero-order chi connectivity index (χ0) is 13.5. The number of hydrogen-bond acceptors (Lipinski definition) is 3. The lowest BCUT2D eigenvalue weighted by molar-refractivity contribution is -0.125. The van der Waals surface area contributed by atoms with E-state index in [-0.39, 0.29) is 36.6 Å². The molecule has 2 heterocycles. The molecule has 0 saturated carbocycles. The lowest BCUT2D eigenvalue weighted by atomic mass is 9.95. The van der Waals surface area contributed by atoms with Gasteiger partial charge in [-0.25, -0.2) is 0 Å². The molecule has 0 aromatic carbocycles. The van der Waals surface area contributed by atoms with Gasteiger partial charge >= 0.3 is 0 Å². The topological polar surface area (TPSA) is 44.4 Å². The Balaban J connectivity index is 0.00000200.